The van der Waals surface area contributed by atoms with Crippen molar-refractivity contribution in [3.63, 3.8) is 0 Å². The Morgan fingerprint density at radius 1 is 0.944 bits per heavy atom. The van der Waals surface area contributed by atoms with Crippen LogP contribution in [0.2, 0.25) is 0 Å². The number of benzene rings is 1. The molecule has 0 radical (unpaired) electrons. The molecule has 0 saturated heterocycles. The number of hydrogen-bond acceptors (Lipinski definition) is 5. The third-order valence-electron chi connectivity index (χ3n) is 1.98. The van der Waals surface area contributed by atoms with E-state index in [0.29, 0.717) is 0 Å². The first-order valence-electron chi connectivity index (χ1n) is 5.77. The number of ether oxygens (including phenoxy) is 1. The fraction of sp³-hybridized carbons (Fsp3) is 0.538. The van der Waals surface area contributed by atoms with Crippen LogP contribution in [0.1, 0.15) is 5.56 Å². The molecule has 18 heavy (non-hydrogen) atoms. The Hall–Kier alpha value is -0.980. The number of rotatable bonds is 6. The minimum absolute atomic E-state index is 0.0342. The maximum atomic E-state index is 8.72. The van der Waals surface area contributed by atoms with Gasteiger partial charge in [-0.3, -0.25) is 0 Å². The maximum Gasteiger partial charge on any atom is 0.100 e. The molecule has 2 atom stereocenters. The number of hydrogen-bond donors (Lipinski definition) is 4. The van der Waals surface area contributed by atoms with Crippen LogP contribution in [0.4, 0.5) is 0 Å². The number of aliphatic hydroxyl groups excluding tert-OH is 4. The van der Waals surface area contributed by atoms with Crippen molar-refractivity contribution < 1.29 is 25.2 Å². The molecule has 4 N–H and O–H groups in total. The summed E-state index contributed by atoms with van der Waals surface area (Å²) in [5.41, 5.74) is 1.32. The first kappa shape index (κ1) is 17.0. The van der Waals surface area contributed by atoms with Crippen molar-refractivity contribution in [2.24, 2.45) is 0 Å². The summed E-state index contributed by atoms with van der Waals surface area (Å²) in [6.45, 7) is 1.28. The third kappa shape index (κ3) is 10.2. The summed E-state index contributed by atoms with van der Waals surface area (Å²) < 4.78 is 4.72. The lowest BCUT2D eigenvalue weighted by atomic mass is 10.2. The van der Waals surface area contributed by atoms with Gasteiger partial charge in [0.1, 0.15) is 12.2 Å². The van der Waals surface area contributed by atoms with Crippen molar-refractivity contribution in [1.29, 1.82) is 0 Å². The summed E-state index contributed by atoms with van der Waals surface area (Å²) in [7, 11) is 0. The lowest BCUT2D eigenvalue weighted by Crippen LogP contribution is -2.25. The Morgan fingerprint density at radius 3 is 1.67 bits per heavy atom. The van der Waals surface area contributed by atoms with E-state index in [-0.39, 0.29) is 26.4 Å². The molecule has 0 fully saturated rings. The van der Waals surface area contributed by atoms with E-state index in [0.717, 1.165) is 0 Å². The second kappa shape index (κ2) is 11.1. The Morgan fingerprint density at radius 2 is 1.39 bits per heavy atom. The van der Waals surface area contributed by atoms with Crippen LogP contribution in [0.3, 0.4) is 0 Å². The van der Waals surface area contributed by atoms with Gasteiger partial charge in [0, 0.05) is 0 Å². The van der Waals surface area contributed by atoms with E-state index in [4.69, 9.17) is 25.2 Å². The summed E-state index contributed by atoms with van der Waals surface area (Å²) in [6, 6.07) is 10.3. The number of aryl methyl sites for hydroxylation is 1. The molecule has 0 spiro atoms. The standard InChI is InChI=1S/C7H8.C6H14O5/c1-7-5-3-2-4-6-7;7-1-5(9)3-11-4-6(10)2-8/h2-6H,1H3;5-10H,1-4H2. The molecular weight excluding hydrogens is 236 g/mol. The van der Waals surface area contributed by atoms with Crippen molar-refractivity contribution in [1.82, 2.24) is 0 Å². The van der Waals surface area contributed by atoms with Gasteiger partial charge in [-0.05, 0) is 6.92 Å². The zero-order valence-electron chi connectivity index (χ0n) is 10.6. The number of aliphatic hydroxyl groups is 4. The van der Waals surface area contributed by atoms with Gasteiger partial charge in [0.05, 0.1) is 26.4 Å². The smallest absolute Gasteiger partial charge is 0.100 e. The SMILES string of the molecule is Cc1ccccc1.OCC(O)COCC(O)CO. The molecule has 0 aliphatic rings. The highest BCUT2D eigenvalue weighted by Gasteiger charge is 2.04. The first-order valence-corrected chi connectivity index (χ1v) is 5.77. The van der Waals surface area contributed by atoms with Gasteiger partial charge >= 0.3 is 0 Å². The highest BCUT2D eigenvalue weighted by molar-refractivity contribution is 5.11. The molecule has 0 bridgehead atoms. The van der Waals surface area contributed by atoms with Crippen molar-refractivity contribution >= 4 is 0 Å². The van der Waals surface area contributed by atoms with Gasteiger partial charge in [-0.25, -0.2) is 0 Å². The minimum atomic E-state index is -0.916. The second-order valence-corrected chi connectivity index (χ2v) is 3.86. The average molecular weight is 258 g/mol. The van der Waals surface area contributed by atoms with E-state index in [1.54, 1.807) is 0 Å². The van der Waals surface area contributed by atoms with Crippen LogP contribution >= 0.6 is 0 Å². The van der Waals surface area contributed by atoms with Gasteiger partial charge < -0.3 is 25.2 Å². The molecule has 0 heterocycles. The van der Waals surface area contributed by atoms with Crippen LogP contribution in [0.15, 0.2) is 30.3 Å². The molecular formula is C13H22O5. The van der Waals surface area contributed by atoms with Crippen molar-refractivity contribution in [2.75, 3.05) is 26.4 Å². The van der Waals surface area contributed by atoms with Crippen molar-refractivity contribution in [2.45, 2.75) is 19.1 Å². The topological polar surface area (TPSA) is 90.2 Å². The van der Waals surface area contributed by atoms with Gasteiger partial charge in [0.15, 0.2) is 0 Å². The lowest BCUT2D eigenvalue weighted by Gasteiger charge is -2.10. The fourth-order valence-corrected chi connectivity index (χ4v) is 0.980. The van der Waals surface area contributed by atoms with Crippen LogP contribution in [-0.2, 0) is 4.74 Å². The summed E-state index contributed by atoms with van der Waals surface area (Å²) >= 11 is 0. The third-order valence-corrected chi connectivity index (χ3v) is 1.98. The van der Waals surface area contributed by atoms with Gasteiger partial charge in [-0.2, -0.15) is 0 Å². The van der Waals surface area contributed by atoms with Crippen LogP contribution in [-0.4, -0.2) is 59.1 Å². The van der Waals surface area contributed by atoms with E-state index >= 15 is 0 Å². The van der Waals surface area contributed by atoms with E-state index in [9.17, 15) is 0 Å². The van der Waals surface area contributed by atoms with Crippen molar-refractivity contribution in [3.05, 3.63) is 35.9 Å². The normalized spacial score (nSPS) is 13.4. The van der Waals surface area contributed by atoms with Gasteiger partial charge in [-0.1, -0.05) is 35.9 Å². The summed E-state index contributed by atoms with van der Waals surface area (Å²) in [4.78, 5) is 0. The molecule has 2 unspecified atom stereocenters. The van der Waals surface area contributed by atoms with Crippen molar-refractivity contribution in [3.8, 4) is 0 Å². The first-order chi connectivity index (χ1) is 8.60. The molecule has 0 aliphatic carbocycles. The average Bonchev–Trinajstić information content (AvgIpc) is 2.39. The summed E-state index contributed by atoms with van der Waals surface area (Å²) in [5, 5.41) is 34.1. The predicted octanol–water partition coefficient (Wildman–Crippen LogP) is -0.296. The molecule has 0 aromatic heterocycles. The Kier molecular flexibility index (Phi) is 10.5. The fourth-order valence-electron chi connectivity index (χ4n) is 0.980. The van der Waals surface area contributed by atoms with Crippen LogP contribution in [0.5, 0.6) is 0 Å². The zero-order chi connectivity index (χ0) is 13.8. The maximum absolute atomic E-state index is 8.72. The molecule has 0 amide bonds. The Bertz CT molecular complexity index is 268. The summed E-state index contributed by atoms with van der Waals surface area (Å²) in [6.07, 6.45) is -1.83. The molecule has 1 aromatic carbocycles. The largest absolute Gasteiger partial charge is 0.394 e. The highest BCUT2D eigenvalue weighted by atomic mass is 16.5. The highest BCUT2D eigenvalue weighted by Crippen LogP contribution is 1.92. The van der Waals surface area contributed by atoms with E-state index < -0.39 is 12.2 Å². The van der Waals surface area contributed by atoms with Crippen LogP contribution in [0, 0.1) is 6.92 Å². The molecule has 0 saturated carbocycles. The molecule has 0 aliphatic heterocycles. The quantitative estimate of drug-likeness (QED) is 0.563. The molecule has 1 aromatic rings. The van der Waals surface area contributed by atoms with Gasteiger partial charge in [0.25, 0.3) is 0 Å². The molecule has 1 rings (SSSR count). The van der Waals surface area contributed by atoms with Crippen LogP contribution < -0.4 is 0 Å². The van der Waals surface area contributed by atoms with E-state index in [1.165, 1.54) is 5.56 Å². The predicted molar refractivity (Wildman–Crippen MR) is 68.2 cm³/mol. The zero-order valence-corrected chi connectivity index (χ0v) is 10.6. The summed E-state index contributed by atoms with van der Waals surface area (Å²) in [5.74, 6) is 0. The molecule has 104 valence electrons. The van der Waals surface area contributed by atoms with E-state index in [1.807, 2.05) is 18.2 Å². The van der Waals surface area contributed by atoms with Gasteiger partial charge in [-0.15, -0.1) is 0 Å². The lowest BCUT2D eigenvalue weighted by molar-refractivity contribution is -0.0364. The van der Waals surface area contributed by atoms with E-state index in [2.05, 4.69) is 19.1 Å². The van der Waals surface area contributed by atoms with Gasteiger partial charge in [0.2, 0.25) is 0 Å². The molecule has 5 nitrogen and oxygen atoms in total. The monoisotopic (exact) mass is 258 g/mol. The van der Waals surface area contributed by atoms with Crippen LogP contribution in [0.25, 0.3) is 0 Å². The second-order valence-electron chi connectivity index (χ2n) is 3.86. The Balaban J connectivity index is 0.000000351. The Labute approximate surface area is 107 Å². The minimum Gasteiger partial charge on any atom is -0.394 e. The molecule has 5 heteroatoms.